The third-order valence-corrected chi connectivity index (χ3v) is 1.67. The summed E-state index contributed by atoms with van der Waals surface area (Å²) in [6.45, 7) is 0. The molecule has 2 rings (SSSR count). The molecular formula is C12H9CoO-. The predicted molar refractivity (Wildman–Crippen MR) is 51.8 cm³/mol. The predicted octanol–water partition coefficient (Wildman–Crippen LogP) is 3.28. The molecule has 2 aromatic carbocycles. The molecule has 0 aliphatic rings. The van der Waals surface area contributed by atoms with Gasteiger partial charge in [0.2, 0.25) is 0 Å². The van der Waals surface area contributed by atoms with Gasteiger partial charge in [-0.2, -0.15) is 18.2 Å². The van der Waals surface area contributed by atoms with E-state index in [1.165, 1.54) is 0 Å². The number of ether oxygens (including phenoxy) is 1. The summed E-state index contributed by atoms with van der Waals surface area (Å²) < 4.78 is 5.56. The molecule has 0 saturated carbocycles. The molecule has 0 bridgehead atoms. The standard InChI is InChI=1S/C12H9O.Co/c1-3-7-11(8-4-1)13-12-9-5-2-6-10-12;/h1,3-10H;/q-1;. The van der Waals surface area contributed by atoms with Gasteiger partial charge < -0.3 is 4.74 Å². The average molecular weight is 228 g/mol. The molecule has 1 nitrogen and oxygen atoms in total. The van der Waals surface area contributed by atoms with Gasteiger partial charge in [0.05, 0.1) is 0 Å². The average Bonchev–Trinajstić information content (AvgIpc) is 2.21. The third kappa shape index (κ3) is 2.90. The number of hydrogen-bond donors (Lipinski definition) is 0. The Kier molecular flexibility index (Phi) is 4.23. The molecule has 0 aromatic heterocycles. The van der Waals surface area contributed by atoms with Gasteiger partial charge in [-0.15, -0.1) is 12.1 Å². The van der Waals surface area contributed by atoms with E-state index in [1.54, 1.807) is 0 Å². The maximum absolute atomic E-state index is 5.56. The second-order valence-corrected chi connectivity index (χ2v) is 2.65. The first-order valence-electron chi connectivity index (χ1n) is 4.14. The smallest absolute Gasteiger partial charge is 0.124 e. The summed E-state index contributed by atoms with van der Waals surface area (Å²) >= 11 is 0. The van der Waals surface area contributed by atoms with Gasteiger partial charge in [0, 0.05) is 22.5 Å². The summed E-state index contributed by atoms with van der Waals surface area (Å²) in [5, 5.41) is 0. The van der Waals surface area contributed by atoms with E-state index < -0.39 is 0 Å². The van der Waals surface area contributed by atoms with Crippen molar-refractivity contribution in [1.29, 1.82) is 0 Å². The van der Waals surface area contributed by atoms with E-state index >= 15 is 0 Å². The van der Waals surface area contributed by atoms with Crippen LogP contribution in [0.5, 0.6) is 11.5 Å². The molecule has 0 fully saturated rings. The van der Waals surface area contributed by atoms with Gasteiger partial charge in [-0.05, 0) is 12.1 Å². The first kappa shape index (κ1) is 10.8. The summed E-state index contributed by atoms with van der Waals surface area (Å²) in [4.78, 5) is 0. The van der Waals surface area contributed by atoms with Crippen LogP contribution in [0.3, 0.4) is 0 Å². The normalized spacial score (nSPS) is 8.86. The minimum absolute atomic E-state index is 0. The Morgan fingerprint density at radius 3 is 2.00 bits per heavy atom. The SMILES string of the molecule is [Co].[c-]1ccc(Oc2ccccc2)cc1. The quantitative estimate of drug-likeness (QED) is 0.716. The minimum atomic E-state index is 0. The van der Waals surface area contributed by atoms with Gasteiger partial charge in [0.15, 0.2) is 0 Å². The maximum atomic E-state index is 5.56. The molecule has 0 aliphatic heterocycles. The molecule has 14 heavy (non-hydrogen) atoms. The Morgan fingerprint density at radius 2 is 1.36 bits per heavy atom. The van der Waals surface area contributed by atoms with Crippen molar-refractivity contribution >= 4 is 0 Å². The van der Waals surface area contributed by atoms with Crippen LogP contribution in [0.2, 0.25) is 0 Å². The molecule has 1 radical (unpaired) electrons. The van der Waals surface area contributed by atoms with Crippen molar-refractivity contribution in [3.63, 3.8) is 0 Å². The second kappa shape index (κ2) is 5.47. The first-order chi connectivity index (χ1) is 6.45. The molecular weight excluding hydrogens is 219 g/mol. The molecule has 73 valence electrons. The van der Waals surface area contributed by atoms with Crippen LogP contribution in [0.15, 0.2) is 54.6 Å². The fraction of sp³-hybridized carbons (Fsp3) is 0. The summed E-state index contributed by atoms with van der Waals surface area (Å²) in [5.41, 5.74) is 0. The Bertz CT molecular complexity index is 321. The van der Waals surface area contributed by atoms with Crippen LogP contribution in [-0.4, -0.2) is 0 Å². The van der Waals surface area contributed by atoms with Gasteiger partial charge in [0.1, 0.15) is 5.75 Å². The van der Waals surface area contributed by atoms with E-state index in [2.05, 4.69) is 6.07 Å². The summed E-state index contributed by atoms with van der Waals surface area (Å²) in [6, 6.07) is 20.1. The second-order valence-electron chi connectivity index (χ2n) is 2.65. The fourth-order valence-electron chi connectivity index (χ4n) is 1.06. The van der Waals surface area contributed by atoms with Crippen molar-refractivity contribution in [2.24, 2.45) is 0 Å². The van der Waals surface area contributed by atoms with Gasteiger partial charge in [-0.1, -0.05) is 18.2 Å². The number of benzene rings is 2. The van der Waals surface area contributed by atoms with E-state index in [-0.39, 0.29) is 16.8 Å². The van der Waals surface area contributed by atoms with E-state index in [0.717, 1.165) is 11.5 Å². The zero-order valence-corrected chi connectivity index (χ0v) is 8.48. The van der Waals surface area contributed by atoms with E-state index in [0.29, 0.717) is 0 Å². The molecule has 0 aliphatic carbocycles. The van der Waals surface area contributed by atoms with E-state index in [4.69, 9.17) is 4.74 Å². The Labute approximate surface area is 93.9 Å². The zero-order valence-electron chi connectivity index (χ0n) is 7.44. The summed E-state index contributed by atoms with van der Waals surface area (Å²) in [6.07, 6.45) is 0. The Balaban J connectivity index is 0.000000980. The van der Waals surface area contributed by atoms with Crippen molar-refractivity contribution in [1.82, 2.24) is 0 Å². The molecule has 2 aromatic rings. The minimum Gasteiger partial charge on any atom is -0.483 e. The van der Waals surface area contributed by atoms with Gasteiger partial charge in [-0.25, -0.2) is 0 Å². The molecule has 0 amide bonds. The molecule has 0 saturated heterocycles. The molecule has 0 unspecified atom stereocenters. The van der Waals surface area contributed by atoms with Crippen molar-refractivity contribution < 1.29 is 21.5 Å². The zero-order chi connectivity index (χ0) is 8.93. The van der Waals surface area contributed by atoms with Crippen LogP contribution < -0.4 is 4.74 Å². The number of rotatable bonds is 2. The topological polar surface area (TPSA) is 9.23 Å². The third-order valence-electron chi connectivity index (χ3n) is 1.67. The van der Waals surface area contributed by atoms with Crippen LogP contribution in [-0.2, 0) is 16.8 Å². The Hall–Kier alpha value is -1.25. The molecule has 0 heterocycles. The molecule has 0 N–H and O–H groups in total. The fourth-order valence-corrected chi connectivity index (χ4v) is 1.06. The van der Waals surface area contributed by atoms with Crippen molar-refractivity contribution in [3.8, 4) is 11.5 Å². The Morgan fingerprint density at radius 1 is 0.786 bits per heavy atom. The van der Waals surface area contributed by atoms with Crippen LogP contribution >= 0.6 is 0 Å². The first-order valence-corrected chi connectivity index (χ1v) is 4.14. The van der Waals surface area contributed by atoms with Gasteiger partial charge in [0.25, 0.3) is 0 Å². The van der Waals surface area contributed by atoms with Crippen molar-refractivity contribution in [2.75, 3.05) is 0 Å². The van der Waals surface area contributed by atoms with E-state index in [9.17, 15) is 0 Å². The summed E-state index contributed by atoms with van der Waals surface area (Å²) in [5.74, 6) is 1.69. The van der Waals surface area contributed by atoms with Gasteiger partial charge >= 0.3 is 0 Å². The monoisotopic (exact) mass is 228 g/mol. The van der Waals surface area contributed by atoms with E-state index in [1.807, 2.05) is 54.6 Å². The largest absolute Gasteiger partial charge is 0.483 e. The van der Waals surface area contributed by atoms with Crippen molar-refractivity contribution in [3.05, 3.63) is 60.7 Å². The molecule has 2 heteroatoms. The van der Waals surface area contributed by atoms with Crippen molar-refractivity contribution in [2.45, 2.75) is 0 Å². The number of para-hydroxylation sites is 1. The van der Waals surface area contributed by atoms with Crippen LogP contribution in [0, 0.1) is 6.07 Å². The van der Waals surface area contributed by atoms with Crippen LogP contribution in [0.1, 0.15) is 0 Å². The molecule has 0 spiro atoms. The van der Waals surface area contributed by atoms with Gasteiger partial charge in [-0.3, -0.25) is 0 Å². The maximum Gasteiger partial charge on any atom is 0.124 e. The van der Waals surface area contributed by atoms with Crippen LogP contribution in [0.25, 0.3) is 0 Å². The summed E-state index contributed by atoms with van der Waals surface area (Å²) in [7, 11) is 0. The molecule has 0 atom stereocenters. The number of hydrogen-bond acceptors (Lipinski definition) is 1. The van der Waals surface area contributed by atoms with Crippen LogP contribution in [0.4, 0.5) is 0 Å².